The number of carbonyl (C=O) groups is 1. The SMILES string of the molecule is C=CCOC(=O)CCCOP(=O)(OC)c1c2ccc(=[N+](C)C)cc-2oc2cc(C)ccc12. The van der Waals surface area contributed by atoms with Gasteiger partial charge < -0.3 is 18.2 Å². The Labute approximate surface area is 187 Å². The molecule has 3 rings (SSSR count). The van der Waals surface area contributed by atoms with Gasteiger partial charge >= 0.3 is 13.6 Å². The number of ether oxygens (including phenoxy) is 1. The number of nitrogens with zero attached hydrogens (tertiary/aromatic N) is 1. The van der Waals surface area contributed by atoms with Crippen molar-refractivity contribution in [3.05, 3.63) is 60.0 Å². The van der Waals surface area contributed by atoms with Crippen molar-refractivity contribution in [2.75, 3.05) is 34.4 Å². The molecule has 0 amide bonds. The molecule has 1 unspecified atom stereocenters. The standard InChI is InChI=1S/C24H29NO6P/c1-6-13-29-23(26)8-7-14-30-32(27,28-5)24-19-11-9-17(2)15-21(19)31-22-16-18(25(3)4)10-12-20(22)24/h6,9-12,15-16H,1,7-8,13-14H2,2-5H3/q+1. The lowest BCUT2D eigenvalue weighted by Crippen LogP contribution is -2.23. The minimum absolute atomic E-state index is 0.0744. The number of carbonyl (C=O) groups excluding carboxylic acids is 1. The topological polar surface area (TPSA) is 78.0 Å². The van der Waals surface area contributed by atoms with Gasteiger partial charge in [0.15, 0.2) is 0 Å². The molecule has 0 spiro atoms. The van der Waals surface area contributed by atoms with Crippen molar-refractivity contribution in [3.63, 3.8) is 0 Å². The highest BCUT2D eigenvalue weighted by Crippen LogP contribution is 2.51. The van der Waals surface area contributed by atoms with Gasteiger partial charge in [-0.1, -0.05) is 24.8 Å². The summed E-state index contributed by atoms with van der Waals surface area (Å²) >= 11 is 0. The fourth-order valence-corrected chi connectivity index (χ4v) is 5.12. The number of hydrogen-bond acceptors (Lipinski definition) is 6. The van der Waals surface area contributed by atoms with E-state index in [1.165, 1.54) is 13.2 Å². The van der Waals surface area contributed by atoms with Crippen LogP contribution in [0, 0.1) is 6.92 Å². The average Bonchev–Trinajstić information content (AvgIpc) is 2.78. The predicted molar refractivity (Wildman–Crippen MR) is 125 cm³/mol. The first kappa shape index (κ1) is 23.9. The van der Waals surface area contributed by atoms with Crippen molar-refractivity contribution < 1.29 is 27.6 Å². The molecule has 0 saturated carbocycles. The zero-order valence-corrected chi connectivity index (χ0v) is 19.8. The molecule has 1 atom stereocenters. The number of rotatable bonds is 9. The Hall–Kier alpha value is -2.73. The molecule has 1 aliphatic carbocycles. The molecule has 1 aromatic rings. The first-order chi connectivity index (χ1) is 15.3. The maximum Gasteiger partial charge on any atom is 0.362 e. The minimum atomic E-state index is -3.72. The van der Waals surface area contributed by atoms with E-state index in [-0.39, 0.29) is 25.6 Å². The highest BCUT2D eigenvalue weighted by atomic mass is 31.2. The van der Waals surface area contributed by atoms with Gasteiger partial charge in [0.25, 0.3) is 0 Å². The van der Waals surface area contributed by atoms with Crippen LogP contribution in [-0.4, -0.2) is 40.4 Å². The molecule has 1 heterocycles. The van der Waals surface area contributed by atoms with Gasteiger partial charge in [0.2, 0.25) is 5.36 Å². The molecule has 0 radical (unpaired) electrons. The van der Waals surface area contributed by atoms with Crippen LogP contribution in [0.25, 0.3) is 22.3 Å². The third-order valence-corrected chi connectivity index (χ3v) is 7.04. The predicted octanol–water partition coefficient (Wildman–Crippen LogP) is 3.87. The zero-order valence-electron chi connectivity index (χ0n) is 18.9. The average molecular weight is 458 g/mol. The van der Waals surface area contributed by atoms with Gasteiger partial charge in [0.1, 0.15) is 32.0 Å². The van der Waals surface area contributed by atoms with Crippen molar-refractivity contribution in [3.8, 4) is 11.3 Å². The molecule has 2 aliphatic rings. The Morgan fingerprint density at radius 3 is 2.69 bits per heavy atom. The van der Waals surface area contributed by atoms with E-state index >= 15 is 0 Å². The third kappa shape index (κ3) is 5.18. The van der Waals surface area contributed by atoms with Crippen LogP contribution >= 0.6 is 7.60 Å². The summed E-state index contributed by atoms with van der Waals surface area (Å²) in [4.78, 5) is 11.7. The van der Waals surface area contributed by atoms with Gasteiger partial charge in [0, 0.05) is 30.5 Å². The van der Waals surface area contributed by atoms with Crippen LogP contribution in [0.1, 0.15) is 18.4 Å². The first-order valence-electron chi connectivity index (χ1n) is 10.3. The fourth-order valence-electron chi connectivity index (χ4n) is 3.37. The van der Waals surface area contributed by atoms with Gasteiger partial charge in [0.05, 0.1) is 18.0 Å². The van der Waals surface area contributed by atoms with Crippen LogP contribution in [0.15, 0.2) is 53.5 Å². The molecular formula is C24H29NO6P+. The first-order valence-corrected chi connectivity index (χ1v) is 11.9. The summed E-state index contributed by atoms with van der Waals surface area (Å²) in [5.74, 6) is 0.222. The summed E-state index contributed by atoms with van der Waals surface area (Å²) in [6.45, 7) is 5.71. The second kappa shape index (κ2) is 10.3. The molecule has 0 aromatic heterocycles. The highest BCUT2D eigenvalue weighted by molar-refractivity contribution is 7.63. The van der Waals surface area contributed by atoms with Crippen LogP contribution in [0.5, 0.6) is 0 Å². The van der Waals surface area contributed by atoms with Crippen molar-refractivity contribution >= 4 is 29.8 Å². The molecule has 8 heteroatoms. The molecule has 170 valence electrons. The second-order valence-corrected chi connectivity index (χ2v) is 9.68. The molecule has 32 heavy (non-hydrogen) atoms. The van der Waals surface area contributed by atoms with E-state index < -0.39 is 7.60 Å². The summed E-state index contributed by atoms with van der Waals surface area (Å²) in [6.07, 6.45) is 2.00. The Kier molecular flexibility index (Phi) is 7.67. The number of fused-ring (bicyclic) bond motifs is 2. The van der Waals surface area contributed by atoms with E-state index in [9.17, 15) is 9.36 Å². The Balaban J connectivity index is 2.03. The smallest absolute Gasteiger partial charge is 0.362 e. The molecule has 0 bridgehead atoms. The van der Waals surface area contributed by atoms with Gasteiger partial charge in [-0.05, 0) is 31.0 Å². The van der Waals surface area contributed by atoms with E-state index in [0.717, 1.165) is 10.9 Å². The van der Waals surface area contributed by atoms with Gasteiger partial charge in [-0.25, -0.2) is 4.58 Å². The van der Waals surface area contributed by atoms with Crippen molar-refractivity contribution in [1.29, 1.82) is 0 Å². The Morgan fingerprint density at radius 1 is 1.22 bits per heavy atom. The maximum atomic E-state index is 13.9. The highest BCUT2D eigenvalue weighted by Gasteiger charge is 2.34. The van der Waals surface area contributed by atoms with Crippen molar-refractivity contribution in [2.45, 2.75) is 19.8 Å². The number of benzene rings is 2. The molecule has 0 saturated heterocycles. The lowest BCUT2D eigenvalue weighted by atomic mass is 10.1. The summed E-state index contributed by atoms with van der Waals surface area (Å²) in [5, 5.41) is 2.07. The summed E-state index contributed by atoms with van der Waals surface area (Å²) in [7, 11) is 1.53. The van der Waals surface area contributed by atoms with E-state index in [4.69, 9.17) is 18.2 Å². The van der Waals surface area contributed by atoms with E-state index in [0.29, 0.717) is 34.0 Å². The second-order valence-electron chi connectivity index (χ2n) is 7.61. The largest absolute Gasteiger partial charge is 0.461 e. The Bertz CT molecular complexity index is 1220. The van der Waals surface area contributed by atoms with Gasteiger partial charge in [-0.15, -0.1) is 0 Å². The lowest BCUT2D eigenvalue weighted by molar-refractivity contribution is -0.142. The number of esters is 1. The summed E-state index contributed by atoms with van der Waals surface area (Å²) < 4.78 is 38.3. The normalized spacial score (nSPS) is 13.1. The zero-order chi connectivity index (χ0) is 23.3. The van der Waals surface area contributed by atoms with Crippen molar-refractivity contribution in [1.82, 2.24) is 4.58 Å². The third-order valence-electron chi connectivity index (χ3n) is 5.01. The monoisotopic (exact) mass is 458 g/mol. The molecule has 1 aliphatic heterocycles. The van der Waals surface area contributed by atoms with E-state index in [1.807, 2.05) is 62.0 Å². The summed E-state index contributed by atoms with van der Waals surface area (Å²) in [5.41, 5.74) is 2.27. The van der Waals surface area contributed by atoms with Crippen LogP contribution < -0.4 is 15.2 Å². The van der Waals surface area contributed by atoms with Crippen LogP contribution in [0.3, 0.4) is 0 Å². The quantitative estimate of drug-likeness (QED) is 0.121. The molecule has 7 nitrogen and oxygen atoms in total. The van der Waals surface area contributed by atoms with Crippen molar-refractivity contribution in [2.24, 2.45) is 0 Å². The van der Waals surface area contributed by atoms with E-state index in [1.54, 1.807) is 0 Å². The molecule has 0 N–H and O–H groups in total. The van der Waals surface area contributed by atoms with E-state index in [2.05, 4.69) is 6.58 Å². The number of hydrogen-bond donors (Lipinski definition) is 0. The minimum Gasteiger partial charge on any atom is -0.461 e. The number of aryl methyl sites for hydroxylation is 1. The summed E-state index contributed by atoms with van der Waals surface area (Å²) in [6, 6.07) is 11.4. The van der Waals surface area contributed by atoms with Gasteiger partial charge in [-0.3, -0.25) is 9.36 Å². The van der Waals surface area contributed by atoms with Crippen LogP contribution in [0.4, 0.5) is 0 Å². The fraction of sp³-hybridized carbons (Fsp3) is 0.333. The molecule has 1 aromatic carbocycles. The lowest BCUT2D eigenvalue weighted by Gasteiger charge is -2.22. The Morgan fingerprint density at radius 2 is 2.00 bits per heavy atom. The van der Waals surface area contributed by atoms with Gasteiger partial charge in [-0.2, -0.15) is 0 Å². The molecular weight excluding hydrogens is 429 g/mol. The van der Waals surface area contributed by atoms with Crippen LogP contribution in [0.2, 0.25) is 0 Å². The van der Waals surface area contributed by atoms with Crippen LogP contribution in [-0.2, 0) is 23.1 Å². The molecule has 0 fully saturated rings. The maximum absolute atomic E-state index is 13.9.